The number of hydrogen-bond donors (Lipinski definition) is 1. The van der Waals surface area contributed by atoms with Gasteiger partial charge in [0, 0.05) is 5.02 Å². The highest BCUT2D eigenvalue weighted by Crippen LogP contribution is 2.19. The third-order valence-electron chi connectivity index (χ3n) is 3.08. The highest BCUT2D eigenvalue weighted by atomic mass is 35.5. The Bertz CT molecular complexity index is 1030. The van der Waals surface area contributed by atoms with Crippen LogP contribution in [0.5, 0.6) is 0 Å². The number of benzene rings is 1. The molecule has 0 aliphatic carbocycles. The lowest BCUT2D eigenvalue weighted by molar-refractivity contribution is -0.383. The van der Waals surface area contributed by atoms with Crippen LogP contribution in [0.15, 0.2) is 33.9 Å². The number of aromatic amines is 1. The van der Waals surface area contributed by atoms with E-state index >= 15 is 0 Å². The van der Waals surface area contributed by atoms with Gasteiger partial charge in [0.1, 0.15) is 5.69 Å². The van der Waals surface area contributed by atoms with Crippen LogP contribution in [0.1, 0.15) is 5.69 Å². The molecule has 0 aliphatic heterocycles. The lowest BCUT2D eigenvalue weighted by Gasteiger charge is -2.05. The van der Waals surface area contributed by atoms with E-state index in [0.29, 0.717) is 15.2 Å². The average Bonchev–Trinajstić information content (AvgIpc) is 2.81. The van der Waals surface area contributed by atoms with Crippen LogP contribution in [0.25, 0.3) is 11.2 Å². The minimum atomic E-state index is -0.799. The maximum absolute atomic E-state index is 12.4. The zero-order chi connectivity index (χ0) is 16.0. The van der Waals surface area contributed by atoms with Crippen LogP contribution < -0.4 is 11.2 Å². The molecule has 0 bridgehead atoms. The highest BCUT2D eigenvalue weighted by Gasteiger charge is 2.25. The molecular formula is C12H8ClN5O4. The Morgan fingerprint density at radius 1 is 1.36 bits per heavy atom. The Balaban J connectivity index is 2.43. The molecule has 22 heavy (non-hydrogen) atoms. The van der Waals surface area contributed by atoms with Gasteiger partial charge in [-0.15, -0.1) is 0 Å². The normalized spacial score (nSPS) is 11.0. The molecule has 112 valence electrons. The minimum Gasteiger partial charge on any atom is -0.265 e. The fraction of sp³-hybridized carbons (Fsp3) is 0.0833. The van der Waals surface area contributed by atoms with E-state index in [0.717, 1.165) is 4.68 Å². The minimum absolute atomic E-state index is 0.0172. The van der Waals surface area contributed by atoms with Gasteiger partial charge in [-0.25, -0.2) is 9.48 Å². The molecular weight excluding hydrogens is 314 g/mol. The summed E-state index contributed by atoms with van der Waals surface area (Å²) in [6.07, 6.45) is 0. The Hall–Kier alpha value is -2.94. The maximum Gasteiger partial charge on any atom is 0.369 e. The Kier molecular flexibility index (Phi) is 3.06. The molecule has 2 aromatic heterocycles. The molecule has 0 aliphatic rings. The van der Waals surface area contributed by atoms with E-state index in [-0.39, 0.29) is 5.69 Å². The van der Waals surface area contributed by atoms with Gasteiger partial charge in [-0.05, 0) is 25.1 Å². The van der Waals surface area contributed by atoms with E-state index in [1.54, 1.807) is 18.2 Å². The molecule has 3 rings (SSSR count). The van der Waals surface area contributed by atoms with Crippen molar-refractivity contribution in [3.05, 3.63) is 65.9 Å². The van der Waals surface area contributed by atoms with E-state index in [1.807, 2.05) is 0 Å². The Labute approximate surface area is 126 Å². The molecule has 0 fully saturated rings. The second-order valence-electron chi connectivity index (χ2n) is 4.49. The van der Waals surface area contributed by atoms with Crippen molar-refractivity contribution in [1.29, 1.82) is 0 Å². The summed E-state index contributed by atoms with van der Waals surface area (Å²) in [5.74, 6) is 0. The summed E-state index contributed by atoms with van der Waals surface area (Å²) in [5, 5.41) is 17.5. The molecule has 0 atom stereocenters. The van der Waals surface area contributed by atoms with Crippen molar-refractivity contribution in [2.75, 3.05) is 0 Å². The average molecular weight is 322 g/mol. The summed E-state index contributed by atoms with van der Waals surface area (Å²) in [6.45, 7) is 1.35. The number of hydrogen-bond acceptors (Lipinski definition) is 5. The van der Waals surface area contributed by atoms with Crippen LogP contribution >= 0.6 is 11.6 Å². The van der Waals surface area contributed by atoms with Gasteiger partial charge in [-0.1, -0.05) is 17.7 Å². The summed E-state index contributed by atoms with van der Waals surface area (Å²) in [4.78, 5) is 34.8. The number of fused-ring (bicyclic) bond motifs is 1. The molecule has 0 unspecified atom stereocenters. The molecule has 10 heteroatoms. The van der Waals surface area contributed by atoms with Crippen LogP contribution in [0.3, 0.4) is 0 Å². The van der Waals surface area contributed by atoms with E-state index in [1.165, 1.54) is 13.0 Å². The van der Waals surface area contributed by atoms with Gasteiger partial charge >= 0.3 is 11.4 Å². The number of H-pyrrole nitrogens is 1. The first kappa shape index (κ1) is 14.0. The van der Waals surface area contributed by atoms with Gasteiger partial charge < -0.3 is 0 Å². The number of nitrogens with zero attached hydrogens (tertiary/aromatic N) is 4. The molecule has 0 radical (unpaired) electrons. The van der Waals surface area contributed by atoms with Gasteiger partial charge in [0.2, 0.25) is 5.52 Å². The highest BCUT2D eigenvalue weighted by molar-refractivity contribution is 6.30. The van der Waals surface area contributed by atoms with E-state index in [4.69, 9.17) is 11.6 Å². The molecule has 0 saturated heterocycles. The fourth-order valence-corrected chi connectivity index (χ4v) is 2.35. The smallest absolute Gasteiger partial charge is 0.265 e. The second kappa shape index (κ2) is 4.81. The van der Waals surface area contributed by atoms with Crippen LogP contribution in [0.2, 0.25) is 5.02 Å². The lowest BCUT2D eigenvalue weighted by atomic mass is 10.3. The summed E-state index contributed by atoms with van der Waals surface area (Å²) in [7, 11) is 0. The number of aromatic nitrogens is 4. The van der Waals surface area contributed by atoms with Crippen molar-refractivity contribution < 1.29 is 4.92 Å². The monoisotopic (exact) mass is 321 g/mol. The molecule has 3 aromatic rings. The molecule has 0 amide bonds. The van der Waals surface area contributed by atoms with E-state index in [2.05, 4.69) is 10.2 Å². The molecule has 0 spiro atoms. The fourth-order valence-electron chi connectivity index (χ4n) is 2.17. The third kappa shape index (κ3) is 1.99. The van der Waals surface area contributed by atoms with Gasteiger partial charge in [0.25, 0.3) is 5.56 Å². The summed E-state index contributed by atoms with van der Waals surface area (Å²) >= 11 is 5.86. The first-order valence-corrected chi connectivity index (χ1v) is 6.43. The van der Waals surface area contributed by atoms with Gasteiger partial charge in [0.05, 0.1) is 10.6 Å². The van der Waals surface area contributed by atoms with Crippen LogP contribution in [0, 0.1) is 17.0 Å². The lowest BCUT2D eigenvalue weighted by Crippen LogP contribution is -2.34. The number of aryl methyl sites for hydroxylation is 1. The summed E-state index contributed by atoms with van der Waals surface area (Å²) < 4.78 is 1.64. The first-order valence-electron chi connectivity index (χ1n) is 6.05. The predicted octanol–water partition coefficient (Wildman–Crippen LogP) is 1.04. The Morgan fingerprint density at radius 2 is 2.09 bits per heavy atom. The van der Waals surface area contributed by atoms with Crippen molar-refractivity contribution in [2.24, 2.45) is 0 Å². The summed E-state index contributed by atoms with van der Waals surface area (Å²) in [6, 6.07) is 6.23. The SMILES string of the molecule is Cc1nn2c(=O)n(-c3cccc(Cl)c3)[nH]c(=O)c2c1[N+](=O)[O-]. The second-order valence-corrected chi connectivity index (χ2v) is 4.93. The van der Waals surface area contributed by atoms with E-state index in [9.17, 15) is 19.7 Å². The maximum atomic E-state index is 12.4. The molecule has 9 nitrogen and oxygen atoms in total. The van der Waals surface area contributed by atoms with Crippen molar-refractivity contribution in [1.82, 2.24) is 19.4 Å². The van der Waals surface area contributed by atoms with Crippen LogP contribution in [0.4, 0.5) is 5.69 Å². The zero-order valence-corrected chi connectivity index (χ0v) is 11.9. The first-order chi connectivity index (χ1) is 10.4. The standard InChI is InChI=1S/C12H8ClN5O4/c1-6-9(18(21)22)10-11(19)15-16(12(20)17(10)14-6)8-4-2-3-7(13)5-8/h2-5H,1H3,(H,15,19). The molecule has 2 heterocycles. The Morgan fingerprint density at radius 3 is 2.73 bits per heavy atom. The number of halogens is 1. The van der Waals surface area contributed by atoms with Crippen LogP contribution in [-0.2, 0) is 0 Å². The van der Waals surface area contributed by atoms with Crippen molar-refractivity contribution in [3.63, 3.8) is 0 Å². The summed E-state index contributed by atoms with van der Waals surface area (Å²) in [5.41, 5.74) is -2.13. The molecule has 1 aromatic carbocycles. The van der Waals surface area contributed by atoms with Gasteiger partial charge in [-0.3, -0.25) is 20.0 Å². The number of nitrogens with one attached hydrogen (secondary N) is 1. The number of rotatable bonds is 2. The van der Waals surface area contributed by atoms with Gasteiger partial charge in [-0.2, -0.15) is 9.61 Å². The zero-order valence-electron chi connectivity index (χ0n) is 11.1. The molecule has 1 N–H and O–H groups in total. The van der Waals surface area contributed by atoms with Crippen molar-refractivity contribution in [2.45, 2.75) is 6.92 Å². The van der Waals surface area contributed by atoms with Crippen LogP contribution in [-0.4, -0.2) is 24.3 Å². The number of nitro groups is 1. The predicted molar refractivity (Wildman–Crippen MR) is 77.8 cm³/mol. The van der Waals surface area contributed by atoms with Crippen molar-refractivity contribution >= 4 is 22.8 Å². The van der Waals surface area contributed by atoms with Crippen molar-refractivity contribution in [3.8, 4) is 5.69 Å². The topological polar surface area (TPSA) is 115 Å². The third-order valence-corrected chi connectivity index (χ3v) is 3.31. The van der Waals surface area contributed by atoms with Gasteiger partial charge in [0.15, 0.2) is 0 Å². The molecule has 0 saturated carbocycles. The quantitative estimate of drug-likeness (QED) is 0.559. The van der Waals surface area contributed by atoms with E-state index < -0.39 is 27.4 Å². The largest absolute Gasteiger partial charge is 0.369 e.